The normalized spacial score (nSPS) is 8.72. The minimum Gasteiger partial charge on any atom is -0.473 e. The predicted molar refractivity (Wildman–Crippen MR) is 62.1 cm³/mol. The number of carbonyl (C=O) groups excluding carboxylic acids is 1. The molecular weight excluding hydrogens is 242 g/mol. The maximum Gasteiger partial charge on any atom is 0.414 e. The summed E-state index contributed by atoms with van der Waals surface area (Å²) in [5, 5.41) is 14.8. The van der Waals surface area contributed by atoms with Crippen LogP contribution in [0.2, 0.25) is 0 Å². The number of hydrogen-bond donors (Lipinski definition) is 3. The van der Waals surface area contributed by atoms with E-state index < -0.39 is 11.9 Å². The quantitative estimate of drug-likeness (QED) is 0.401. The number of carboxylic acids is 2. The van der Waals surface area contributed by atoms with Crippen molar-refractivity contribution in [3.63, 3.8) is 0 Å². The van der Waals surface area contributed by atoms with Crippen LogP contribution in [0.15, 0.2) is 24.3 Å². The van der Waals surface area contributed by atoms with Gasteiger partial charge in [0.25, 0.3) is 0 Å². The monoisotopic (exact) mass is 255 g/mol. The van der Waals surface area contributed by atoms with Crippen LogP contribution in [-0.2, 0) is 14.3 Å². The highest BCUT2D eigenvalue weighted by Gasteiger charge is 2.04. The summed E-state index contributed by atoms with van der Waals surface area (Å²) in [5.74, 6) is -3.96. The lowest BCUT2D eigenvalue weighted by molar-refractivity contribution is -0.159. The first-order chi connectivity index (χ1) is 8.38. The number of carbonyl (C=O) groups is 3. The van der Waals surface area contributed by atoms with Crippen molar-refractivity contribution in [2.24, 2.45) is 0 Å². The van der Waals surface area contributed by atoms with E-state index in [2.05, 4.69) is 0 Å². The van der Waals surface area contributed by atoms with Crippen LogP contribution < -0.4 is 5.73 Å². The Morgan fingerprint density at radius 3 is 1.89 bits per heavy atom. The molecule has 0 aliphatic carbocycles. The third kappa shape index (κ3) is 6.11. The number of aliphatic carboxylic acids is 2. The van der Waals surface area contributed by atoms with Crippen molar-refractivity contribution in [3.8, 4) is 0 Å². The van der Waals surface area contributed by atoms with Crippen molar-refractivity contribution >= 4 is 23.6 Å². The molecule has 0 bridgehead atoms. The number of nitrogens with two attached hydrogens (primary N) is 1. The van der Waals surface area contributed by atoms with Gasteiger partial charge < -0.3 is 20.7 Å². The zero-order chi connectivity index (χ0) is 14.1. The summed E-state index contributed by atoms with van der Waals surface area (Å²) in [6.07, 6.45) is 0. The lowest BCUT2D eigenvalue weighted by Crippen LogP contribution is -2.09. The Balaban J connectivity index is 0.000000411. The smallest absolute Gasteiger partial charge is 0.414 e. The van der Waals surface area contributed by atoms with Gasteiger partial charge in [-0.2, -0.15) is 0 Å². The predicted octanol–water partition coefficient (Wildman–Crippen LogP) is 0.601. The fourth-order valence-electron chi connectivity index (χ4n) is 0.834. The SMILES string of the molecule is CCOC(=O)c1ccc(N)cc1.O=C(O)C(=O)O. The third-order valence-electron chi connectivity index (χ3n) is 1.60. The molecule has 0 saturated heterocycles. The molecule has 4 N–H and O–H groups in total. The topological polar surface area (TPSA) is 127 Å². The molecule has 0 fully saturated rings. The highest BCUT2D eigenvalue weighted by atomic mass is 16.5. The van der Waals surface area contributed by atoms with Crippen molar-refractivity contribution in [1.29, 1.82) is 0 Å². The van der Waals surface area contributed by atoms with E-state index in [1.807, 2.05) is 0 Å². The average molecular weight is 255 g/mol. The number of esters is 1. The molecular formula is C11H13NO6. The van der Waals surface area contributed by atoms with E-state index in [4.69, 9.17) is 30.3 Å². The summed E-state index contributed by atoms with van der Waals surface area (Å²) in [6, 6.07) is 6.64. The van der Waals surface area contributed by atoms with E-state index >= 15 is 0 Å². The largest absolute Gasteiger partial charge is 0.473 e. The molecule has 1 rings (SSSR count). The Morgan fingerprint density at radius 2 is 1.56 bits per heavy atom. The highest BCUT2D eigenvalue weighted by Crippen LogP contribution is 2.06. The Kier molecular flexibility index (Phi) is 6.57. The summed E-state index contributed by atoms with van der Waals surface area (Å²) in [4.78, 5) is 29.3. The van der Waals surface area contributed by atoms with Gasteiger partial charge in [-0.15, -0.1) is 0 Å². The molecule has 0 spiro atoms. The van der Waals surface area contributed by atoms with E-state index in [0.717, 1.165) is 0 Å². The molecule has 0 aliphatic rings. The second-order valence-electron chi connectivity index (χ2n) is 2.95. The first-order valence-corrected chi connectivity index (χ1v) is 4.87. The summed E-state index contributed by atoms with van der Waals surface area (Å²) >= 11 is 0. The molecule has 7 heteroatoms. The number of anilines is 1. The summed E-state index contributed by atoms with van der Waals surface area (Å²) < 4.78 is 4.79. The van der Waals surface area contributed by atoms with Crippen LogP contribution in [0.3, 0.4) is 0 Å². The van der Waals surface area contributed by atoms with E-state index in [9.17, 15) is 4.79 Å². The van der Waals surface area contributed by atoms with Gasteiger partial charge in [0.15, 0.2) is 0 Å². The molecule has 18 heavy (non-hydrogen) atoms. The standard InChI is InChI=1S/C9H11NO2.C2H2O4/c1-2-12-9(11)7-3-5-8(10)6-4-7;3-1(4)2(5)6/h3-6H,2,10H2,1H3;(H,3,4)(H,5,6). The van der Waals surface area contributed by atoms with Crippen LogP contribution in [0.5, 0.6) is 0 Å². The zero-order valence-electron chi connectivity index (χ0n) is 9.62. The van der Waals surface area contributed by atoms with Crippen LogP contribution in [0, 0.1) is 0 Å². The Bertz CT molecular complexity index is 414. The number of ether oxygens (including phenoxy) is 1. The van der Waals surface area contributed by atoms with Gasteiger partial charge in [0.2, 0.25) is 0 Å². The van der Waals surface area contributed by atoms with Crippen LogP contribution in [0.1, 0.15) is 17.3 Å². The minimum absolute atomic E-state index is 0.308. The molecule has 0 radical (unpaired) electrons. The highest BCUT2D eigenvalue weighted by molar-refractivity contribution is 6.27. The van der Waals surface area contributed by atoms with Gasteiger partial charge >= 0.3 is 17.9 Å². The molecule has 0 aliphatic heterocycles. The Morgan fingerprint density at radius 1 is 1.11 bits per heavy atom. The molecule has 1 aromatic rings. The first-order valence-electron chi connectivity index (χ1n) is 4.87. The minimum atomic E-state index is -1.82. The fraction of sp³-hybridized carbons (Fsp3) is 0.182. The fourth-order valence-corrected chi connectivity index (χ4v) is 0.834. The molecule has 0 aromatic heterocycles. The van der Waals surface area contributed by atoms with Crippen molar-refractivity contribution in [3.05, 3.63) is 29.8 Å². The summed E-state index contributed by atoms with van der Waals surface area (Å²) in [6.45, 7) is 2.17. The average Bonchev–Trinajstić information content (AvgIpc) is 2.30. The number of carboxylic acid groups (broad SMARTS) is 2. The van der Waals surface area contributed by atoms with Gasteiger partial charge in [0.05, 0.1) is 12.2 Å². The Labute approximate surface area is 103 Å². The molecule has 0 saturated carbocycles. The van der Waals surface area contributed by atoms with Gasteiger partial charge in [-0.3, -0.25) is 0 Å². The van der Waals surface area contributed by atoms with E-state index in [0.29, 0.717) is 17.9 Å². The molecule has 0 heterocycles. The third-order valence-corrected chi connectivity index (χ3v) is 1.60. The van der Waals surface area contributed by atoms with Crippen molar-refractivity contribution in [2.75, 3.05) is 12.3 Å². The second kappa shape index (κ2) is 7.66. The molecule has 7 nitrogen and oxygen atoms in total. The lowest BCUT2D eigenvalue weighted by atomic mass is 10.2. The molecule has 0 atom stereocenters. The number of hydrogen-bond acceptors (Lipinski definition) is 5. The van der Waals surface area contributed by atoms with Gasteiger partial charge in [0.1, 0.15) is 0 Å². The Hall–Kier alpha value is -2.57. The van der Waals surface area contributed by atoms with Crippen molar-refractivity contribution < 1.29 is 29.3 Å². The molecule has 98 valence electrons. The van der Waals surface area contributed by atoms with E-state index in [1.165, 1.54) is 0 Å². The molecule has 0 amide bonds. The maximum absolute atomic E-state index is 11.1. The molecule has 0 unspecified atom stereocenters. The van der Waals surface area contributed by atoms with Gasteiger partial charge in [-0.05, 0) is 31.2 Å². The van der Waals surface area contributed by atoms with Crippen molar-refractivity contribution in [1.82, 2.24) is 0 Å². The van der Waals surface area contributed by atoms with Gasteiger partial charge in [0, 0.05) is 5.69 Å². The van der Waals surface area contributed by atoms with Crippen LogP contribution in [-0.4, -0.2) is 34.7 Å². The lowest BCUT2D eigenvalue weighted by Gasteiger charge is -2.00. The van der Waals surface area contributed by atoms with Crippen LogP contribution in [0.25, 0.3) is 0 Å². The van der Waals surface area contributed by atoms with E-state index in [1.54, 1.807) is 31.2 Å². The van der Waals surface area contributed by atoms with E-state index in [-0.39, 0.29) is 5.97 Å². The summed E-state index contributed by atoms with van der Waals surface area (Å²) in [7, 11) is 0. The number of rotatable bonds is 2. The summed E-state index contributed by atoms with van der Waals surface area (Å²) in [5.41, 5.74) is 6.62. The van der Waals surface area contributed by atoms with Crippen LogP contribution in [0.4, 0.5) is 5.69 Å². The van der Waals surface area contributed by atoms with Gasteiger partial charge in [-0.25, -0.2) is 14.4 Å². The maximum atomic E-state index is 11.1. The second-order valence-corrected chi connectivity index (χ2v) is 2.95. The zero-order valence-corrected chi connectivity index (χ0v) is 9.62. The first kappa shape index (κ1) is 15.4. The number of nitrogen functional groups attached to an aromatic ring is 1. The molecule has 1 aromatic carbocycles. The van der Waals surface area contributed by atoms with Crippen molar-refractivity contribution in [2.45, 2.75) is 6.92 Å². The van der Waals surface area contributed by atoms with Crippen LogP contribution >= 0.6 is 0 Å². The number of benzene rings is 1. The van der Waals surface area contributed by atoms with Gasteiger partial charge in [-0.1, -0.05) is 0 Å².